The van der Waals surface area contributed by atoms with E-state index in [9.17, 15) is 14.0 Å². The highest BCUT2D eigenvalue weighted by Gasteiger charge is 2.08. The van der Waals surface area contributed by atoms with E-state index in [-0.39, 0.29) is 24.4 Å². The van der Waals surface area contributed by atoms with E-state index >= 15 is 0 Å². The summed E-state index contributed by atoms with van der Waals surface area (Å²) in [7, 11) is 0. The molecule has 0 atom stereocenters. The minimum Gasteiger partial charge on any atom is -0.459 e. The van der Waals surface area contributed by atoms with Crippen LogP contribution in [0.1, 0.15) is 16.8 Å². The van der Waals surface area contributed by atoms with Crippen molar-refractivity contribution in [3.8, 4) is 0 Å². The number of esters is 1. The van der Waals surface area contributed by atoms with Gasteiger partial charge in [0, 0.05) is 12.3 Å². The number of halogens is 1. The lowest BCUT2D eigenvalue weighted by Crippen LogP contribution is -2.17. The number of aromatic nitrogens is 2. The molecule has 3 aromatic rings. The van der Waals surface area contributed by atoms with Crippen LogP contribution in [0.2, 0.25) is 0 Å². The summed E-state index contributed by atoms with van der Waals surface area (Å²) in [5, 5.41) is 0. The monoisotopic (exact) mass is 326 g/mol. The number of carbonyl (C=O) groups is 1. The van der Waals surface area contributed by atoms with Crippen molar-refractivity contribution in [1.29, 1.82) is 0 Å². The molecule has 0 aliphatic carbocycles. The fourth-order valence-corrected chi connectivity index (χ4v) is 2.31. The predicted octanol–water partition coefficient (Wildman–Crippen LogP) is 2.43. The number of aryl methyl sites for hydroxylation is 1. The smallest absolute Gasteiger partial charge is 0.310 e. The van der Waals surface area contributed by atoms with Gasteiger partial charge in [-0.3, -0.25) is 14.0 Å². The molecule has 3 rings (SSSR count). The van der Waals surface area contributed by atoms with Gasteiger partial charge in [0.2, 0.25) is 0 Å². The van der Waals surface area contributed by atoms with Crippen LogP contribution in [-0.2, 0) is 22.6 Å². The largest absolute Gasteiger partial charge is 0.459 e. The van der Waals surface area contributed by atoms with E-state index in [2.05, 4.69) is 4.98 Å². The van der Waals surface area contributed by atoms with Crippen LogP contribution in [0.3, 0.4) is 0 Å². The second-order valence-electron chi connectivity index (χ2n) is 5.48. The average Bonchev–Trinajstić information content (AvgIpc) is 2.56. The van der Waals surface area contributed by atoms with Crippen LogP contribution in [0.5, 0.6) is 0 Å². The summed E-state index contributed by atoms with van der Waals surface area (Å²) in [5.74, 6) is -0.823. The molecular weight excluding hydrogens is 311 g/mol. The Morgan fingerprint density at radius 2 is 1.96 bits per heavy atom. The van der Waals surface area contributed by atoms with Crippen LogP contribution in [0, 0.1) is 12.7 Å². The first kappa shape index (κ1) is 15.9. The van der Waals surface area contributed by atoms with Crippen LogP contribution in [-0.4, -0.2) is 15.4 Å². The van der Waals surface area contributed by atoms with E-state index in [1.807, 2.05) is 13.0 Å². The molecule has 0 aliphatic heterocycles. The van der Waals surface area contributed by atoms with Crippen LogP contribution in [0.15, 0.2) is 53.5 Å². The summed E-state index contributed by atoms with van der Waals surface area (Å²) in [4.78, 5) is 28.2. The minimum atomic E-state index is -0.465. The molecule has 0 unspecified atom stereocenters. The Labute approximate surface area is 137 Å². The number of carbonyl (C=O) groups excluding carboxylic acids is 1. The molecule has 6 heteroatoms. The maximum atomic E-state index is 12.8. The number of fused-ring (bicyclic) bond motifs is 1. The van der Waals surface area contributed by atoms with Gasteiger partial charge < -0.3 is 4.74 Å². The number of hydrogen-bond acceptors (Lipinski definition) is 4. The molecule has 24 heavy (non-hydrogen) atoms. The summed E-state index contributed by atoms with van der Waals surface area (Å²) >= 11 is 0. The van der Waals surface area contributed by atoms with Gasteiger partial charge in [-0.25, -0.2) is 9.37 Å². The minimum absolute atomic E-state index is 0.0338. The molecule has 0 spiro atoms. The van der Waals surface area contributed by atoms with Crippen LogP contribution in [0.25, 0.3) is 5.65 Å². The Hall–Kier alpha value is -3.02. The molecule has 122 valence electrons. The van der Waals surface area contributed by atoms with Crippen molar-refractivity contribution in [3.63, 3.8) is 0 Å². The molecule has 0 saturated heterocycles. The van der Waals surface area contributed by atoms with Gasteiger partial charge in [0.25, 0.3) is 5.56 Å². The first-order valence-corrected chi connectivity index (χ1v) is 7.40. The third kappa shape index (κ3) is 3.65. The van der Waals surface area contributed by atoms with Crippen molar-refractivity contribution in [2.24, 2.45) is 0 Å². The third-order valence-corrected chi connectivity index (χ3v) is 3.50. The lowest BCUT2D eigenvalue weighted by atomic mass is 10.1. The highest BCUT2D eigenvalue weighted by Crippen LogP contribution is 2.06. The number of ether oxygens (including phenoxy) is 1. The van der Waals surface area contributed by atoms with Gasteiger partial charge in [-0.1, -0.05) is 18.2 Å². The molecule has 0 amide bonds. The zero-order chi connectivity index (χ0) is 17.1. The van der Waals surface area contributed by atoms with Crippen molar-refractivity contribution in [2.45, 2.75) is 20.0 Å². The van der Waals surface area contributed by atoms with Gasteiger partial charge in [0.1, 0.15) is 18.1 Å². The fraction of sp³-hybridized carbons (Fsp3) is 0.167. The zero-order valence-corrected chi connectivity index (χ0v) is 13.0. The number of nitrogens with zero attached hydrogens (tertiary/aromatic N) is 2. The topological polar surface area (TPSA) is 60.7 Å². The maximum Gasteiger partial charge on any atom is 0.310 e. The molecule has 0 fully saturated rings. The van der Waals surface area contributed by atoms with E-state index in [4.69, 9.17) is 4.74 Å². The highest BCUT2D eigenvalue weighted by molar-refractivity contribution is 5.72. The lowest BCUT2D eigenvalue weighted by molar-refractivity contribution is -0.144. The summed E-state index contributed by atoms with van der Waals surface area (Å²) in [6, 6.07) is 10.6. The van der Waals surface area contributed by atoms with Gasteiger partial charge in [-0.05, 0) is 36.2 Å². The summed E-state index contributed by atoms with van der Waals surface area (Å²) in [5.41, 5.74) is 2.26. The van der Waals surface area contributed by atoms with Crippen LogP contribution < -0.4 is 5.56 Å². The zero-order valence-electron chi connectivity index (χ0n) is 13.0. The van der Waals surface area contributed by atoms with E-state index < -0.39 is 5.97 Å². The van der Waals surface area contributed by atoms with Gasteiger partial charge in [-0.15, -0.1) is 0 Å². The molecule has 0 radical (unpaired) electrons. The Morgan fingerprint density at radius 3 is 2.71 bits per heavy atom. The van der Waals surface area contributed by atoms with Crippen molar-refractivity contribution in [2.75, 3.05) is 0 Å². The number of benzene rings is 1. The molecule has 0 saturated carbocycles. The number of rotatable bonds is 4. The van der Waals surface area contributed by atoms with Gasteiger partial charge in [0.15, 0.2) is 0 Å². The first-order chi connectivity index (χ1) is 11.5. The van der Waals surface area contributed by atoms with Gasteiger partial charge >= 0.3 is 5.97 Å². The summed E-state index contributed by atoms with van der Waals surface area (Å²) in [6.07, 6.45) is 1.74. The van der Waals surface area contributed by atoms with Crippen LogP contribution in [0.4, 0.5) is 4.39 Å². The lowest BCUT2D eigenvalue weighted by Gasteiger charge is -2.07. The standard InChI is InChI=1S/C18H15FN2O3/c1-12-2-7-16-20-15(9-17(22)21(16)10-12)11-24-18(23)8-13-3-5-14(19)6-4-13/h2-7,9-10H,8,11H2,1H3. The van der Waals surface area contributed by atoms with Crippen LogP contribution >= 0.6 is 0 Å². The maximum absolute atomic E-state index is 12.8. The molecule has 0 bridgehead atoms. The Kier molecular flexibility index (Phi) is 4.37. The highest BCUT2D eigenvalue weighted by atomic mass is 19.1. The SMILES string of the molecule is Cc1ccc2nc(COC(=O)Cc3ccc(F)cc3)cc(=O)n2c1. The van der Waals surface area contributed by atoms with Gasteiger partial charge in [0.05, 0.1) is 12.1 Å². The molecule has 1 aromatic carbocycles. The fourth-order valence-electron chi connectivity index (χ4n) is 2.31. The van der Waals surface area contributed by atoms with Crippen molar-refractivity contribution in [3.05, 3.63) is 81.7 Å². The average molecular weight is 326 g/mol. The molecule has 2 heterocycles. The quantitative estimate of drug-likeness (QED) is 0.691. The molecule has 0 aliphatic rings. The number of hydrogen-bond donors (Lipinski definition) is 0. The van der Waals surface area contributed by atoms with E-state index in [0.717, 1.165) is 5.56 Å². The van der Waals surface area contributed by atoms with E-state index in [1.165, 1.54) is 34.7 Å². The Balaban J connectivity index is 1.69. The van der Waals surface area contributed by atoms with Crippen molar-refractivity contribution in [1.82, 2.24) is 9.38 Å². The summed E-state index contributed by atoms with van der Waals surface area (Å²) in [6.45, 7) is 1.80. The first-order valence-electron chi connectivity index (χ1n) is 7.40. The summed E-state index contributed by atoms with van der Waals surface area (Å²) < 4.78 is 19.4. The van der Waals surface area contributed by atoms with Gasteiger partial charge in [-0.2, -0.15) is 0 Å². The molecule has 5 nitrogen and oxygen atoms in total. The molecule has 2 aromatic heterocycles. The van der Waals surface area contributed by atoms with Crippen molar-refractivity contribution < 1.29 is 13.9 Å². The Bertz CT molecular complexity index is 949. The molecule has 0 N–H and O–H groups in total. The predicted molar refractivity (Wildman–Crippen MR) is 86.1 cm³/mol. The molecular formula is C18H15FN2O3. The number of pyridine rings is 1. The third-order valence-electron chi connectivity index (χ3n) is 3.50. The van der Waals surface area contributed by atoms with E-state index in [0.29, 0.717) is 16.9 Å². The normalized spacial score (nSPS) is 10.8. The second-order valence-corrected chi connectivity index (χ2v) is 5.48. The Morgan fingerprint density at radius 1 is 1.21 bits per heavy atom. The van der Waals surface area contributed by atoms with Crippen molar-refractivity contribution >= 4 is 11.6 Å². The second kappa shape index (κ2) is 6.62. The van der Waals surface area contributed by atoms with E-state index in [1.54, 1.807) is 12.3 Å².